The van der Waals surface area contributed by atoms with Gasteiger partial charge in [-0.2, -0.15) is 0 Å². The van der Waals surface area contributed by atoms with Crippen molar-refractivity contribution in [3.8, 4) is 0 Å². The van der Waals surface area contributed by atoms with E-state index in [0.29, 0.717) is 11.1 Å². The monoisotopic (exact) mass is 448 g/mol. The molecule has 0 bridgehead atoms. The number of benzene rings is 3. The van der Waals surface area contributed by atoms with E-state index in [1.54, 1.807) is 24.3 Å². The summed E-state index contributed by atoms with van der Waals surface area (Å²) in [6, 6.07) is 15.1. The van der Waals surface area contributed by atoms with Gasteiger partial charge in [0.05, 0.1) is 16.3 Å². The molecule has 0 saturated heterocycles. The molecule has 0 aliphatic heterocycles. The number of hydrogen-bond acceptors (Lipinski definition) is 2. The largest absolute Gasteiger partial charge is 0.340 e. The van der Waals surface area contributed by atoms with Gasteiger partial charge in [0, 0.05) is 17.5 Å². The van der Waals surface area contributed by atoms with E-state index in [1.165, 1.54) is 18.2 Å². The minimum atomic E-state index is -1.05. The lowest BCUT2D eigenvalue weighted by atomic mass is 10.0. The van der Waals surface area contributed by atoms with E-state index in [-0.39, 0.29) is 22.7 Å². The Labute approximate surface area is 181 Å². The van der Waals surface area contributed by atoms with Crippen LogP contribution in [0.4, 0.5) is 14.5 Å². The van der Waals surface area contributed by atoms with Gasteiger partial charge in [-0.1, -0.05) is 53.5 Å². The molecule has 0 fully saturated rings. The lowest BCUT2D eigenvalue weighted by Gasteiger charge is -2.19. The summed E-state index contributed by atoms with van der Waals surface area (Å²) in [5.74, 6) is -2.94. The zero-order valence-electron chi connectivity index (χ0n) is 15.5. The summed E-state index contributed by atoms with van der Waals surface area (Å²) >= 11 is 11.9. The Balaban J connectivity index is 1.83. The fraction of sp³-hybridized carbons (Fsp3) is 0.0909. The molecule has 4 nitrogen and oxygen atoms in total. The third kappa shape index (κ3) is 5.55. The molecule has 1 unspecified atom stereocenters. The van der Waals surface area contributed by atoms with Crippen LogP contribution in [-0.2, 0) is 11.2 Å². The second-order valence-electron chi connectivity index (χ2n) is 6.45. The standard InChI is InChI=1S/C22H16Cl2F2N2O2/c23-14-6-8-16(17(24)11-14)21(29)28-20(10-13-4-2-1-3-5-13)22(30)27-19-9-7-15(25)12-18(19)26/h1-9,11-12,20H,10H2,(H,27,30)(H,28,29). The Morgan fingerprint density at radius 3 is 2.33 bits per heavy atom. The molecule has 3 aromatic carbocycles. The number of rotatable bonds is 6. The van der Waals surface area contributed by atoms with E-state index in [1.807, 2.05) is 6.07 Å². The predicted octanol–water partition coefficient (Wildman–Crippen LogP) is 5.25. The molecule has 0 saturated carbocycles. The van der Waals surface area contributed by atoms with Gasteiger partial charge in [-0.25, -0.2) is 8.78 Å². The number of carbonyl (C=O) groups excluding carboxylic acids is 2. The van der Waals surface area contributed by atoms with Gasteiger partial charge >= 0.3 is 0 Å². The molecule has 0 aliphatic rings. The highest BCUT2D eigenvalue weighted by Gasteiger charge is 2.24. The van der Waals surface area contributed by atoms with Crippen LogP contribution in [-0.4, -0.2) is 17.9 Å². The summed E-state index contributed by atoms with van der Waals surface area (Å²) in [6.45, 7) is 0. The van der Waals surface area contributed by atoms with Crippen LogP contribution >= 0.6 is 23.2 Å². The molecule has 2 amide bonds. The summed E-state index contributed by atoms with van der Waals surface area (Å²) in [6.07, 6.45) is 0.145. The van der Waals surface area contributed by atoms with Crippen molar-refractivity contribution >= 4 is 40.7 Å². The maximum absolute atomic E-state index is 13.9. The predicted molar refractivity (Wildman–Crippen MR) is 113 cm³/mol. The highest BCUT2D eigenvalue weighted by molar-refractivity contribution is 6.36. The van der Waals surface area contributed by atoms with Crippen molar-refractivity contribution in [3.05, 3.63) is 99.5 Å². The first kappa shape index (κ1) is 21.7. The third-order valence-corrected chi connectivity index (χ3v) is 4.82. The molecule has 8 heteroatoms. The molecule has 0 aliphatic carbocycles. The van der Waals surface area contributed by atoms with Crippen molar-refractivity contribution in [3.63, 3.8) is 0 Å². The highest BCUT2D eigenvalue weighted by Crippen LogP contribution is 2.21. The Bertz CT molecular complexity index is 1080. The van der Waals surface area contributed by atoms with Gasteiger partial charge in [0.2, 0.25) is 5.91 Å². The fourth-order valence-electron chi connectivity index (χ4n) is 2.78. The number of amides is 2. The topological polar surface area (TPSA) is 58.2 Å². The normalized spacial score (nSPS) is 11.6. The number of hydrogen-bond donors (Lipinski definition) is 2. The molecule has 1 atom stereocenters. The molecule has 154 valence electrons. The van der Waals surface area contributed by atoms with Crippen molar-refractivity contribution in [2.75, 3.05) is 5.32 Å². The van der Waals surface area contributed by atoms with Gasteiger partial charge in [0.25, 0.3) is 5.91 Å². The van der Waals surface area contributed by atoms with Gasteiger partial charge in [0.1, 0.15) is 17.7 Å². The Morgan fingerprint density at radius 1 is 0.933 bits per heavy atom. The molecular formula is C22H16Cl2F2N2O2. The second-order valence-corrected chi connectivity index (χ2v) is 7.30. The van der Waals surface area contributed by atoms with Crippen molar-refractivity contribution in [2.45, 2.75) is 12.5 Å². The quantitative estimate of drug-likeness (QED) is 0.540. The molecular weight excluding hydrogens is 433 g/mol. The number of nitrogens with one attached hydrogen (secondary N) is 2. The fourth-order valence-corrected chi connectivity index (χ4v) is 3.27. The maximum atomic E-state index is 13.9. The highest BCUT2D eigenvalue weighted by atomic mass is 35.5. The molecule has 0 aromatic heterocycles. The van der Waals surface area contributed by atoms with Gasteiger partial charge < -0.3 is 10.6 Å². The Morgan fingerprint density at radius 2 is 1.67 bits per heavy atom. The zero-order chi connectivity index (χ0) is 21.7. The number of carbonyl (C=O) groups is 2. The van der Waals surface area contributed by atoms with Crippen molar-refractivity contribution in [1.29, 1.82) is 0 Å². The molecule has 3 aromatic rings. The van der Waals surface area contributed by atoms with Crippen LogP contribution in [0.3, 0.4) is 0 Å². The van der Waals surface area contributed by atoms with Crippen molar-refractivity contribution in [2.24, 2.45) is 0 Å². The maximum Gasteiger partial charge on any atom is 0.253 e. The minimum absolute atomic E-state index is 0.128. The van der Waals surface area contributed by atoms with E-state index < -0.39 is 29.5 Å². The van der Waals surface area contributed by atoms with Crippen LogP contribution in [0.25, 0.3) is 0 Å². The van der Waals surface area contributed by atoms with E-state index in [4.69, 9.17) is 23.2 Å². The molecule has 0 spiro atoms. The molecule has 2 N–H and O–H groups in total. The average Bonchev–Trinajstić information content (AvgIpc) is 2.70. The first-order valence-corrected chi connectivity index (χ1v) is 9.65. The average molecular weight is 449 g/mol. The van der Waals surface area contributed by atoms with Crippen molar-refractivity contribution in [1.82, 2.24) is 5.32 Å². The van der Waals surface area contributed by atoms with Gasteiger partial charge in [-0.3, -0.25) is 9.59 Å². The smallest absolute Gasteiger partial charge is 0.253 e. The van der Waals surface area contributed by atoms with Gasteiger partial charge in [-0.05, 0) is 35.9 Å². The van der Waals surface area contributed by atoms with Crippen LogP contribution in [0.15, 0.2) is 66.7 Å². The van der Waals surface area contributed by atoms with Crippen LogP contribution in [0.5, 0.6) is 0 Å². The Kier molecular flexibility index (Phi) is 7.03. The van der Waals surface area contributed by atoms with Crippen molar-refractivity contribution < 1.29 is 18.4 Å². The minimum Gasteiger partial charge on any atom is -0.340 e. The lowest BCUT2D eigenvalue weighted by molar-refractivity contribution is -0.118. The van der Waals surface area contributed by atoms with Gasteiger partial charge in [-0.15, -0.1) is 0 Å². The van der Waals surface area contributed by atoms with Gasteiger partial charge in [0.15, 0.2) is 0 Å². The summed E-state index contributed by atoms with van der Waals surface area (Å²) in [7, 11) is 0. The molecule has 0 radical (unpaired) electrons. The van der Waals surface area contributed by atoms with Crippen LogP contribution in [0, 0.1) is 11.6 Å². The molecule has 3 rings (SSSR count). The van der Waals surface area contributed by atoms with E-state index >= 15 is 0 Å². The second kappa shape index (κ2) is 9.69. The number of halogens is 4. The Hall–Kier alpha value is -2.96. The zero-order valence-corrected chi connectivity index (χ0v) is 17.0. The van der Waals surface area contributed by atoms with E-state index in [9.17, 15) is 18.4 Å². The van der Waals surface area contributed by atoms with Crippen LogP contribution in [0.1, 0.15) is 15.9 Å². The summed E-state index contributed by atoms with van der Waals surface area (Å²) in [5, 5.41) is 5.50. The van der Waals surface area contributed by atoms with Crippen LogP contribution < -0.4 is 10.6 Å². The van der Waals surface area contributed by atoms with E-state index in [0.717, 1.165) is 17.7 Å². The first-order chi connectivity index (χ1) is 14.3. The summed E-state index contributed by atoms with van der Waals surface area (Å²) < 4.78 is 27.1. The third-order valence-electron chi connectivity index (χ3n) is 4.27. The van der Waals surface area contributed by atoms with Crippen LogP contribution in [0.2, 0.25) is 10.0 Å². The first-order valence-electron chi connectivity index (χ1n) is 8.89. The summed E-state index contributed by atoms with van der Waals surface area (Å²) in [4.78, 5) is 25.5. The molecule has 30 heavy (non-hydrogen) atoms. The lowest BCUT2D eigenvalue weighted by Crippen LogP contribution is -2.45. The summed E-state index contributed by atoms with van der Waals surface area (Å²) in [5.41, 5.74) is 0.720. The SMILES string of the molecule is O=C(NC(Cc1ccccc1)C(=O)Nc1ccc(F)cc1F)c1ccc(Cl)cc1Cl. The van der Waals surface area contributed by atoms with E-state index in [2.05, 4.69) is 10.6 Å². The molecule has 0 heterocycles. The number of anilines is 1.